The largest absolute Gasteiger partial charge is 0.378 e. The standard InChI is InChI=1S/C13H8BrCl2F2N/c14-8-2-1-7(12(18)3-8)6-19-13-10(15)4-9(17)5-11(13)16/h1-5,19H,6H2. The summed E-state index contributed by atoms with van der Waals surface area (Å²) in [5, 5.41) is 3.21. The van der Waals surface area contributed by atoms with Gasteiger partial charge in [-0.05, 0) is 24.3 Å². The van der Waals surface area contributed by atoms with Gasteiger partial charge in [0.15, 0.2) is 0 Å². The second kappa shape index (κ2) is 6.07. The first-order valence-corrected chi connectivity index (χ1v) is 6.84. The molecule has 0 aliphatic rings. The highest BCUT2D eigenvalue weighted by Gasteiger charge is 2.09. The summed E-state index contributed by atoms with van der Waals surface area (Å²) in [5.74, 6) is -0.869. The molecule has 0 radical (unpaired) electrons. The minimum atomic E-state index is -0.518. The minimum Gasteiger partial charge on any atom is -0.378 e. The van der Waals surface area contributed by atoms with Gasteiger partial charge in [0.25, 0.3) is 0 Å². The lowest BCUT2D eigenvalue weighted by Gasteiger charge is -2.11. The fraction of sp³-hybridized carbons (Fsp3) is 0.0769. The van der Waals surface area contributed by atoms with Gasteiger partial charge >= 0.3 is 0 Å². The van der Waals surface area contributed by atoms with Crippen LogP contribution in [0.25, 0.3) is 0 Å². The molecule has 0 unspecified atom stereocenters. The SMILES string of the molecule is Fc1cc(Cl)c(NCc2ccc(Br)cc2F)c(Cl)c1. The van der Waals surface area contributed by atoms with E-state index in [2.05, 4.69) is 21.2 Å². The van der Waals surface area contributed by atoms with Crippen molar-refractivity contribution in [3.63, 3.8) is 0 Å². The first-order valence-electron chi connectivity index (χ1n) is 5.29. The molecule has 0 heterocycles. The lowest BCUT2D eigenvalue weighted by molar-refractivity contribution is 0.612. The van der Waals surface area contributed by atoms with Crippen LogP contribution < -0.4 is 5.32 Å². The van der Waals surface area contributed by atoms with Crippen molar-refractivity contribution >= 4 is 44.8 Å². The van der Waals surface area contributed by atoms with E-state index in [9.17, 15) is 8.78 Å². The molecule has 0 fully saturated rings. The van der Waals surface area contributed by atoms with E-state index in [1.807, 2.05) is 0 Å². The van der Waals surface area contributed by atoms with Crippen molar-refractivity contribution in [2.24, 2.45) is 0 Å². The number of nitrogens with one attached hydrogen (secondary N) is 1. The zero-order valence-electron chi connectivity index (χ0n) is 9.48. The Labute approximate surface area is 127 Å². The highest BCUT2D eigenvalue weighted by Crippen LogP contribution is 2.31. The third-order valence-corrected chi connectivity index (χ3v) is 3.57. The van der Waals surface area contributed by atoms with Crippen molar-refractivity contribution < 1.29 is 8.78 Å². The maximum absolute atomic E-state index is 13.6. The number of hydrogen-bond acceptors (Lipinski definition) is 1. The van der Waals surface area contributed by atoms with E-state index < -0.39 is 5.82 Å². The average Bonchev–Trinajstić information content (AvgIpc) is 2.30. The van der Waals surface area contributed by atoms with E-state index in [-0.39, 0.29) is 22.4 Å². The third-order valence-electron chi connectivity index (χ3n) is 2.48. The zero-order valence-corrected chi connectivity index (χ0v) is 12.6. The Morgan fingerprint density at radius 2 is 1.68 bits per heavy atom. The molecule has 1 N–H and O–H groups in total. The van der Waals surface area contributed by atoms with Gasteiger partial charge in [-0.25, -0.2) is 8.78 Å². The molecule has 0 saturated heterocycles. The Balaban J connectivity index is 2.19. The van der Waals surface area contributed by atoms with Crippen LogP contribution in [-0.2, 0) is 6.54 Å². The lowest BCUT2D eigenvalue weighted by Crippen LogP contribution is -2.03. The molecule has 2 aromatic carbocycles. The quantitative estimate of drug-likeness (QED) is 0.740. The maximum atomic E-state index is 13.6. The Morgan fingerprint density at radius 1 is 1.05 bits per heavy atom. The van der Waals surface area contributed by atoms with Crippen molar-refractivity contribution in [2.45, 2.75) is 6.54 Å². The van der Waals surface area contributed by atoms with Gasteiger partial charge in [-0.2, -0.15) is 0 Å². The van der Waals surface area contributed by atoms with Crippen LogP contribution in [0.3, 0.4) is 0 Å². The Hall–Kier alpha value is -0.840. The molecule has 0 aliphatic heterocycles. The van der Waals surface area contributed by atoms with Gasteiger partial charge in [-0.1, -0.05) is 45.2 Å². The number of anilines is 1. The van der Waals surface area contributed by atoms with Crippen LogP contribution in [0, 0.1) is 11.6 Å². The van der Waals surface area contributed by atoms with Gasteiger partial charge in [0.1, 0.15) is 11.6 Å². The normalized spacial score (nSPS) is 10.6. The Bertz CT molecular complexity index is 597. The Kier molecular flexibility index (Phi) is 4.66. The fourth-order valence-electron chi connectivity index (χ4n) is 1.56. The van der Waals surface area contributed by atoms with Crippen LogP contribution in [0.4, 0.5) is 14.5 Å². The first kappa shape index (κ1) is 14.6. The van der Waals surface area contributed by atoms with Gasteiger partial charge in [-0.15, -0.1) is 0 Å². The molecule has 1 nitrogen and oxygen atoms in total. The molecule has 6 heteroatoms. The minimum absolute atomic E-state index is 0.155. The molecule has 2 aromatic rings. The predicted molar refractivity (Wildman–Crippen MR) is 77.8 cm³/mol. The Morgan fingerprint density at radius 3 is 2.26 bits per heavy atom. The smallest absolute Gasteiger partial charge is 0.129 e. The van der Waals surface area contributed by atoms with Crippen molar-refractivity contribution in [3.05, 3.63) is 62.0 Å². The molecule has 0 spiro atoms. The van der Waals surface area contributed by atoms with Crippen LogP contribution in [-0.4, -0.2) is 0 Å². The van der Waals surface area contributed by atoms with Crippen molar-refractivity contribution in [3.8, 4) is 0 Å². The van der Waals surface area contributed by atoms with E-state index in [0.717, 1.165) is 12.1 Å². The van der Waals surface area contributed by atoms with Gasteiger partial charge in [0.2, 0.25) is 0 Å². The summed E-state index contributed by atoms with van der Waals surface area (Å²) in [6.07, 6.45) is 0. The van der Waals surface area contributed by atoms with E-state index in [4.69, 9.17) is 23.2 Å². The summed E-state index contributed by atoms with van der Waals surface area (Å²) in [7, 11) is 0. The molecular weight excluding hydrogens is 359 g/mol. The molecule has 100 valence electrons. The molecule has 0 atom stereocenters. The molecule has 19 heavy (non-hydrogen) atoms. The van der Waals surface area contributed by atoms with Crippen LogP contribution in [0.2, 0.25) is 10.0 Å². The molecule has 2 rings (SSSR count). The summed E-state index contributed by atoms with van der Waals surface area (Å²) < 4.78 is 27.3. The summed E-state index contributed by atoms with van der Waals surface area (Å²) in [6, 6.07) is 7.03. The van der Waals surface area contributed by atoms with Crippen LogP contribution in [0.1, 0.15) is 5.56 Å². The third kappa shape index (κ3) is 3.59. The molecule has 0 aliphatic carbocycles. The number of rotatable bonds is 3. The summed E-state index contributed by atoms with van der Waals surface area (Å²) in [5.41, 5.74) is 0.840. The summed E-state index contributed by atoms with van der Waals surface area (Å²) >= 11 is 14.9. The highest BCUT2D eigenvalue weighted by atomic mass is 79.9. The van der Waals surface area contributed by atoms with Crippen LogP contribution in [0.15, 0.2) is 34.8 Å². The van der Waals surface area contributed by atoms with E-state index >= 15 is 0 Å². The zero-order chi connectivity index (χ0) is 14.0. The van der Waals surface area contributed by atoms with Gasteiger partial charge in [0, 0.05) is 16.6 Å². The molecule has 0 bridgehead atoms. The second-order valence-electron chi connectivity index (χ2n) is 3.83. The van der Waals surface area contributed by atoms with Crippen molar-refractivity contribution in [1.29, 1.82) is 0 Å². The van der Waals surface area contributed by atoms with Crippen LogP contribution >= 0.6 is 39.1 Å². The van der Waals surface area contributed by atoms with Gasteiger partial charge < -0.3 is 5.32 Å². The number of hydrogen-bond donors (Lipinski definition) is 1. The summed E-state index contributed by atoms with van der Waals surface area (Å²) in [6.45, 7) is 0.199. The van der Waals surface area contributed by atoms with Crippen molar-refractivity contribution in [2.75, 3.05) is 5.32 Å². The van der Waals surface area contributed by atoms with E-state index in [0.29, 0.717) is 15.7 Å². The first-order chi connectivity index (χ1) is 8.97. The molecule has 0 saturated carbocycles. The van der Waals surface area contributed by atoms with E-state index in [1.165, 1.54) is 6.07 Å². The summed E-state index contributed by atoms with van der Waals surface area (Å²) in [4.78, 5) is 0. The maximum Gasteiger partial charge on any atom is 0.129 e. The van der Waals surface area contributed by atoms with E-state index in [1.54, 1.807) is 12.1 Å². The monoisotopic (exact) mass is 365 g/mol. The fourth-order valence-corrected chi connectivity index (χ4v) is 2.49. The molecule has 0 aromatic heterocycles. The van der Waals surface area contributed by atoms with Gasteiger partial charge in [0.05, 0.1) is 15.7 Å². The molecular formula is C13H8BrCl2F2N. The number of halogens is 5. The number of benzene rings is 2. The lowest BCUT2D eigenvalue weighted by atomic mass is 10.2. The van der Waals surface area contributed by atoms with Crippen LogP contribution in [0.5, 0.6) is 0 Å². The highest BCUT2D eigenvalue weighted by molar-refractivity contribution is 9.10. The second-order valence-corrected chi connectivity index (χ2v) is 5.56. The molecule has 0 amide bonds. The topological polar surface area (TPSA) is 12.0 Å². The van der Waals surface area contributed by atoms with Gasteiger partial charge in [-0.3, -0.25) is 0 Å². The predicted octanol–water partition coefficient (Wildman–Crippen LogP) is 5.65. The average molecular weight is 367 g/mol. The van der Waals surface area contributed by atoms with Crippen molar-refractivity contribution in [1.82, 2.24) is 0 Å².